The monoisotopic (exact) mass is 170 g/mol. The molecule has 1 amide bonds. The zero-order chi connectivity index (χ0) is 9.14. The highest BCUT2D eigenvalue weighted by Crippen LogP contribution is 2.15. The number of nitrogens with zero attached hydrogens (tertiary/aromatic N) is 1. The molecule has 0 saturated heterocycles. The predicted molar refractivity (Wildman–Crippen MR) is 44.7 cm³/mol. The van der Waals surface area contributed by atoms with Crippen molar-refractivity contribution in [2.24, 2.45) is 0 Å². The maximum atomic E-state index is 11.0. The Kier molecular flexibility index (Phi) is 2.83. The Morgan fingerprint density at radius 2 is 2.33 bits per heavy atom. The SMILES string of the molecule is CC1=C(C(=O)NO)CCN(C)C1. The first-order chi connectivity index (χ1) is 5.65. The molecule has 0 fully saturated rings. The molecule has 0 aliphatic carbocycles. The van der Waals surface area contributed by atoms with Gasteiger partial charge in [-0.1, -0.05) is 5.57 Å². The first kappa shape index (κ1) is 9.22. The molecule has 4 nitrogen and oxygen atoms in total. The second kappa shape index (κ2) is 3.69. The Morgan fingerprint density at radius 1 is 1.67 bits per heavy atom. The maximum absolute atomic E-state index is 11.0. The van der Waals surface area contributed by atoms with Crippen LogP contribution in [-0.4, -0.2) is 36.2 Å². The summed E-state index contributed by atoms with van der Waals surface area (Å²) in [6.45, 7) is 3.60. The number of likely N-dealkylation sites (N-methyl/N-ethyl adjacent to an activating group) is 1. The summed E-state index contributed by atoms with van der Waals surface area (Å²) in [4.78, 5) is 13.2. The third-order valence-corrected chi connectivity index (χ3v) is 2.14. The zero-order valence-electron chi connectivity index (χ0n) is 7.42. The van der Waals surface area contributed by atoms with Gasteiger partial charge in [-0.2, -0.15) is 0 Å². The van der Waals surface area contributed by atoms with Crippen LogP contribution in [0.5, 0.6) is 0 Å². The van der Waals surface area contributed by atoms with E-state index in [1.165, 1.54) is 0 Å². The Hall–Kier alpha value is -0.870. The first-order valence-corrected chi connectivity index (χ1v) is 3.96. The van der Waals surface area contributed by atoms with Crippen LogP contribution in [0.1, 0.15) is 13.3 Å². The summed E-state index contributed by atoms with van der Waals surface area (Å²) in [7, 11) is 2.01. The van der Waals surface area contributed by atoms with Crippen LogP contribution in [0, 0.1) is 0 Å². The Morgan fingerprint density at radius 3 is 2.83 bits per heavy atom. The molecule has 0 aromatic heterocycles. The summed E-state index contributed by atoms with van der Waals surface area (Å²) in [5.41, 5.74) is 3.42. The lowest BCUT2D eigenvalue weighted by atomic mass is 10.0. The van der Waals surface area contributed by atoms with Crippen LogP contribution < -0.4 is 5.48 Å². The molecule has 0 bridgehead atoms. The smallest absolute Gasteiger partial charge is 0.270 e. The van der Waals surface area contributed by atoms with E-state index in [4.69, 9.17) is 5.21 Å². The molecule has 0 aromatic carbocycles. The maximum Gasteiger partial charge on any atom is 0.270 e. The largest absolute Gasteiger partial charge is 0.302 e. The minimum absolute atomic E-state index is 0.361. The van der Waals surface area contributed by atoms with Gasteiger partial charge in [0.1, 0.15) is 0 Å². The van der Waals surface area contributed by atoms with Crippen molar-refractivity contribution >= 4 is 5.91 Å². The molecule has 0 unspecified atom stereocenters. The molecule has 4 heteroatoms. The van der Waals surface area contributed by atoms with Crippen LogP contribution in [0.2, 0.25) is 0 Å². The molecule has 1 heterocycles. The molecule has 0 aromatic rings. The molecule has 1 rings (SSSR count). The van der Waals surface area contributed by atoms with Crippen molar-refractivity contribution in [1.29, 1.82) is 0 Å². The standard InChI is InChI=1S/C8H14N2O2/c1-6-5-10(2)4-3-7(6)8(11)9-12/h12H,3-5H2,1-2H3,(H,9,11). The summed E-state index contributed by atoms with van der Waals surface area (Å²) in [5.74, 6) is -0.361. The second-order valence-corrected chi connectivity index (χ2v) is 3.19. The van der Waals surface area contributed by atoms with Crippen LogP contribution in [0.15, 0.2) is 11.1 Å². The topological polar surface area (TPSA) is 52.6 Å². The quantitative estimate of drug-likeness (QED) is 0.435. The van der Waals surface area contributed by atoms with Gasteiger partial charge in [-0.15, -0.1) is 0 Å². The highest BCUT2D eigenvalue weighted by Gasteiger charge is 2.18. The van der Waals surface area contributed by atoms with E-state index < -0.39 is 0 Å². The number of carbonyl (C=O) groups is 1. The van der Waals surface area contributed by atoms with Gasteiger partial charge in [0.2, 0.25) is 0 Å². The second-order valence-electron chi connectivity index (χ2n) is 3.19. The first-order valence-electron chi connectivity index (χ1n) is 3.96. The van der Waals surface area contributed by atoms with Crippen molar-refractivity contribution in [2.75, 3.05) is 20.1 Å². The van der Waals surface area contributed by atoms with Crippen molar-refractivity contribution in [3.8, 4) is 0 Å². The van der Waals surface area contributed by atoms with E-state index in [9.17, 15) is 4.79 Å². The molecule has 1 aliphatic heterocycles. The van der Waals surface area contributed by atoms with Crippen molar-refractivity contribution in [3.05, 3.63) is 11.1 Å². The van der Waals surface area contributed by atoms with Crippen LogP contribution in [0.4, 0.5) is 0 Å². The van der Waals surface area contributed by atoms with Gasteiger partial charge in [-0.25, -0.2) is 5.48 Å². The van der Waals surface area contributed by atoms with Crippen LogP contribution in [0.25, 0.3) is 0 Å². The van der Waals surface area contributed by atoms with E-state index in [0.717, 1.165) is 24.2 Å². The van der Waals surface area contributed by atoms with E-state index in [1.54, 1.807) is 5.48 Å². The molecule has 2 N–H and O–H groups in total. The Labute approximate surface area is 71.8 Å². The lowest BCUT2D eigenvalue weighted by Crippen LogP contribution is -2.32. The van der Waals surface area contributed by atoms with Crippen molar-refractivity contribution < 1.29 is 10.0 Å². The van der Waals surface area contributed by atoms with E-state index in [2.05, 4.69) is 4.90 Å². The average molecular weight is 170 g/mol. The van der Waals surface area contributed by atoms with E-state index >= 15 is 0 Å². The fourth-order valence-corrected chi connectivity index (χ4v) is 1.47. The molecular formula is C8H14N2O2. The summed E-state index contributed by atoms with van der Waals surface area (Å²) >= 11 is 0. The van der Waals surface area contributed by atoms with Gasteiger partial charge in [0, 0.05) is 18.7 Å². The van der Waals surface area contributed by atoms with Gasteiger partial charge in [-0.3, -0.25) is 10.0 Å². The van der Waals surface area contributed by atoms with Gasteiger partial charge in [-0.05, 0) is 20.4 Å². The molecule has 1 aliphatic rings. The molecule has 68 valence electrons. The predicted octanol–water partition coefficient (Wildman–Crippen LogP) is 0.144. The molecule has 0 radical (unpaired) electrons. The van der Waals surface area contributed by atoms with E-state index in [-0.39, 0.29) is 5.91 Å². The number of rotatable bonds is 1. The van der Waals surface area contributed by atoms with Crippen LogP contribution in [-0.2, 0) is 4.79 Å². The fraction of sp³-hybridized carbons (Fsp3) is 0.625. The lowest BCUT2D eigenvalue weighted by molar-refractivity contribution is -0.125. The van der Waals surface area contributed by atoms with Gasteiger partial charge in [0.05, 0.1) is 0 Å². The molecule has 0 saturated carbocycles. The van der Waals surface area contributed by atoms with Crippen molar-refractivity contribution in [1.82, 2.24) is 10.4 Å². The third kappa shape index (κ3) is 1.84. The highest BCUT2D eigenvalue weighted by molar-refractivity contribution is 5.93. The van der Waals surface area contributed by atoms with Crippen molar-refractivity contribution in [3.63, 3.8) is 0 Å². The number of carbonyl (C=O) groups excluding carboxylic acids is 1. The summed E-state index contributed by atoms with van der Waals surface area (Å²) in [6.07, 6.45) is 0.717. The number of hydrogen-bond donors (Lipinski definition) is 2. The normalized spacial score (nSPS) is 19.6. The van der Waals surface area contributed by atoms with Crippen LogP contribution in [0.3, 0.4) is 0 Å². The molecule has 12 heavy (non-hydrogen) atoms. The van der Waals surface area contributed by atoms with Gasteiger partial charge in [0.25, 0.3) is 5.91 Å². The molecule has 0 spiro atoms. The Bertz CT molecular complexity index is 223. The summed E-state index contributed by atoms with van der Waals surface area (Å²) in [6, 6.07) is 0. The van der Waals surface area contributed by atoms with Crippen molar-refractivity contribution in [2.45, 2.75) is 13.3 Å². The third-order valence-electron chi connectivity index (χ3n) is 2.14. The van der Waals surface area contributed by atoms with Gasteiger partial charge in [0.15, 0.2) is 0 Å². The minimum Gasteiger partial charge on any atom is -0.302 e. The number of hydroxylamine groups is 1. The number of nitrogens with one attached hydrogen (secondary N) is 1. The number of hydrogen-bond acceptors (Lipinski definition) is 3. The average Bonchev–Trinajstić information content (AvgIpc) is 2.03. The fourth-order valence-electron chi connectivity index (χ4n) is 1.47. The molecule has 0 atom stereocenters. The summed E-state index contributed by atoms with van der Waals surface area (Å²) < 4.78 is 0. The molecular weight excluding hydrogens is 156 g/mol. The van der Waals surface area contributed by atoms with E-state index in [1.807, 2.05) is 14.0 Å². The zero-order valence-corrected chi connectivity index (χ0v) is 7.42. The number of amides is 1. The van der Waals surface area contributed by atoms with Crippen LogP contribution >= 0.6 is 0 Å². The lowest BCUT2D eigenvalue weighted by Gasteiger charge is -2.24. The highest BCUT2D eigenvalue weighted by atomic mass is 16.5. The Balaban J connectivity index is 2.75. The van der Waals surface area contributed by atoms with E-state index in [0.29, 0.717) is 6.42 Å². The van der Waals surface area contributed by atoms with Gasteiger partial charge < -0.3 is 4.90 Å². The summed E-state index contributed by atoms with van der Waals surface area (Å²) in [5, 5.41) is 8.42. The minimum atomic E-state index is -0.361. The van der Waals surface area contributed by atoms with Gasteiger partial charge >= 0.3 is 0 Å².